The molecule has 0 heterocycles. The number of anilines is 1. The fourth-order valence-electron chi connectivity index (χ4n) is 1.64. The van der Waals surface area contributed by atoms with Gasteiger partial charge in [0.1, 0.15) is 6.54 Å². The van der Waals surface area contributed by atoms with Crippen molar-refractivity contribution >= 4 is 21.5 Å². The van der Waals surface area contributed by atoms with Crippen molar-refractivity contribution in [1.82, 2.24) is 0 Å². The normalized spacial score (nSPS) is 11.1. The Hall–Kier alpha value is -1.56. The fraction of sp³-hybridized carbons (Fsp3) is 0.462. The summed E-state index contributed by atoms with van der Waals surface area (Å²) < 4.78 is 28.0. The van der Waals surface area contributed by atoms with Crippen LogP contribution >= 0.6 is 0 Å². The molecule has 0 spiro atoms. The standard InChI is InChI=1S/C13H19NO4S/c1-4-14(10-13(15)18-3)11-6-8-12(9-7-11)19(16,17)5-2/h6-9H,4-5,10H2,1-3H3. The molecule has 0 fully saturated rings. The number of sulfone groups is 1. The summed E-state index contributed by atoms with van der Waals surface area (Å²) in [6, 6.07) is 6.53. The largest absolute Gasteiger partial charge is 0.468 e. The summed E-state index contributed by atoms with van der Waals surface area (Å²) in [5.74, 6) is -0.251. The second-order valence-electron chi connectivity index (χ2n) is 3.99. The maximum Gasteiger partial charge on any atom is 0.325 e. The molecule has 0 saturated heterocycles. The minimum absolute atomic E-state index is 0.0754. The maximum atomic E-state index is 11.7. The van der Waals surface area contributed by atoms with Gasteiger partial charge in [0, 0.05) is 12.2 Å². The number of esters is 1. The molecule has 0 bridgehead atoms. The van der Waals surface area contributed by atoms with Crippen LogP contribution in [0, 0.1) is 0 Å². The van der Waals surface area contributed by atoms with Crippen molar-refractivity contribution in [3.8, 4) is 0 Å². The number of methoxy groups -OCH3 is 1. The van der Waals surface area contributed by atoms with Crippen LogP contribution in [0.3, 0.4) is 0 Å². The number of carbonyl (C=O) groups excluding carboxylic acids is 1. The van der Waals surface area contributed by atoms with Crippen LogP contribution in [-0.2, 0) is 19.4 Å². The van der Waals surface area contributed by atoms with Gasteiger partial charge in [-0.25, -0.2) is 8.42 Å². The van der Waals surface area contributed by atoms with Crippen LogP contribution in [-0.4, -0.2) is 40.3 Å². The highest BCUT2D eigenvalue weighted by Crippen LogP contribution is 2.18. The van der Waals surface area contributed by atoms with Crippen LogP contribution in [0.5, 0.6) is 0 Å². The maximum absolute atomic E-state index is 11.7. The van der Waals surface area contributed by atoms with Crippen molar-refractivity contribution in [3.05, 3.63) is 24.3 Å². The molecule has 0 saturated carbocycles. The first-order valence-electron chi connectivity index (χ1n) is 6.09. The summed E-state index contributed by atoms with van der Waals surface area (Å²) in [4.78, 5) is 13.4. The number of likely N-dealkylation sites (N-methyl/N-ethyl adjacent to an activating group) is 1. The van der Waals surface area contributed by atoms with E-state index in [0.29, 0.717) is 11.4 Å². The van der Waals surface area contributed by atoms with Crippen molar-refractivity contribution in [2.24, 2.45) is 0 Å². The highest BCUT2D eigenvalue weighted by atomic mass is 32.2. The van der Waals surface area contributed by atoms with Gasteiger partial charge in [-0.05, 0) is 31.2 Å². The highest BCUT2D eigenvalue weighted by Gasteiger charge is 2.13. The first-order chi connectivity index (χ1) is 8.94. The van der Waals surface area contributed by atoms with E-state index in [0.717, 1.165) is 5.69 Å². The molecular formula is C13H19NO4S. The van der Waals surface area contributed by atoms with Crippen LogP contribution < -0.4 is 4.90 Å². The molecule has 0 amide bonds. The van der Waals surface area contributed by atoms with E-state index in [1.807, 2.05) is 11.8 Å². The molecule has 1 aromatic carbocycles. The van der Waals surface area contributed by atoms with Crippen molar-refractivity contribution < 1.29 is 17.9 Å². The molecule has 0 aromatic heterocycles. The summed E-state index contributed by atoms with van der Waals surface area (Å²) in [7, 11) is -1.84. The van der Waals surface area contributed by atoms with E-state index in [1.54, 1.807) is 31.2 Å². The van der Waals surface area contributed by atoms with Crippen LogP contribution in [0.25, 0.3) is 0 Å². The molecule has 6 heteroatoms. The minimum Gasteiger partial charge on any atom is -0.468 e. The average Bonchev–Trinajstić information content (AvgIpc) is 2.44. The highest BCUT2D eigenvalue weighted by molar-refractivity contribution is 7.91. The molecule has 0 N–H and O–H groups in total. The molecule has 0 radical (unpaired) electrons. The Labute approximate surface area is 114 Å². The minimum atomic E-state index is -3.19. The van der Waals surface area contributed by atoms with Crippen molar-refractivity contribution in [3.63, 3.8) is 0 Å². The van der Waals surface area contributed by atoms with Gasteiger partial charge in [-0.15, -0.1) is 0 Å². The molecule has 0 aliphatic carbocycles. The predicted molar refractivity (Wildman–Crippen MR) is 74.1 cm³/mol. The van der Waals surface area contributed by atoms with Crippen LogP contribution in [0.15, 0.2) is 29.2 Å². The monoisotopic (exact) mass is 285 g/mol. The number of nitrogens with zero attached hydrogens (tertiary/aromatic N) is 1. The van der Waals surface area contributed by atoms with Gasteiger partial charge in [0.15, 0.2) is 9.84 Å². The van der Waals surface area contributed by atoms with Gasteiger partial charge < -0.3 is 9.64 Å². The number of carbonyl (C=O) groups is 1. The zero-order valence-electron chi connectivity index (χ0n) is 11.4. The second kappa shape index (κ2) is 6.56. The van der Waals surface area contributed by atoms with Gasteiger partial charge in [0.25, 0.3) is 0 Å². The van der Waals surface area contributed by atoms with Gasteiger partial charge >= 0.3 is 5.97 Å². The van der Waals surface area contributed by atoms with Crippen molar-refractivity contribution in [2.75, 3.05) is 30.9 Å². The molecule has 0 atom stereocenters. The van der Waals surface area contributed by atoms with Gasteiger partial charge in [-0.3, -0.25) is 4.79 Å². The summed E-state index contributed by atoms with van der Waals surface area (Å²) in [5.41, 5.74) is 0.794. The second-order valence-corrected chi connectivity index (χ2v) is 6.27. The molecule has 5 nitrogen and oxygen atoms in total. The fourth-order valence-corrected chi connectivity index (χ4v) is 2.52. The van der Waals surface area contributed by atoms with Crippen LogP contribution in [0.2, 0.25) is 0 Å². The lowest BCUT2D eigenvalue weighted by Crippen LogP contribution is -2.30. The first-order valence-corrected chi connectivity index (χ1v) is 7.74. The number of rotatable bonds is 6. The van der Waals surface area contributed by atoms with E-state index in [4.69, 9.17) is 0 Å². The van der Waals surface area contributed by atoms with E-state index < -0.39 is 9.84 Å². The van der Waals surface area contributed by atoms with Crippen LogP contribution in [0.1, 0.15) is 13.8 Å². The van der Waals surface area contributed by atoms with Crippen molar-refractivity contribution in [2.45, 2.75) is 18.7 Å². The summed E-state index contributed by atoms with van der Waals surface area (Å²) in [6.45, 7) is 4.31. The number of ether oxygens (including phenoxy) is 1. The van der Waals surface area contributed by atoms with Gasteiger partial charge in [-0.1, -0.05) is 6.92 Å². The Balaban J connectivity index is 2.94. The molecular weight excluding hydrogens is 266 g/mol. The van der Waals surface area contributed by atoms with E-state index in [2.05, 4.69) is 4.74 Å². The van der Waals surface area contributed by atoms with Crippen molar-refractivity contribution in [1.29, 1.82) is 0 Å². The Bertz CT molecular complexity index is 522. The van der Waals surface area contributed by atoms with Crippen LogP contribution in [0.4, 0.5) is 5.69 Å². The summed E-state index contributed by atoms with van der Waals surface area (Å²) in [6.07, 6.45) is 0. The summed E-state index contributed by atoms with van der Waals surface area (Å²) >= 11 is 0. The third kappa shape index (κ3) is 3.96. The average molecular weight is 285 g/mol. The summed E-state index contributed by atoms with van der Waals surface area (Å²) in [5, 5.41) is 0. The van der Waals surface area contributed by atoms with E-state index >= 15 is 0 Å². The Morgan fingerprint density at radius 3 is 2.21 bits per heavy atom. The SMILES string of the molecule is CCN(CC(=O)OC)c1ccc(S(=O)(=O)CC)cc1. The lowest BCUT2D eigenvalue weighted by atomic mass is 10.3. The third-order valence-corrected chi connectivity index (χ3v) is 4.62. The Morgan fingerprint density at radius 1 is 1.21 bits per heavy atom. The number of benzene rings is 1. The molecule has 1 aromatic rings. The number of hydrogen-bond acceptors (Lipinski definition) is 5. The predicted octanol–water partition coefficient (Wildman–Crippen LogP) is 1.48. The van der Waals surface area contributed by atoms with Gasteiger partial charge in [-0.2, -0.15) is 0 Å². The molecule has 0 aliphatic heterocycles. The van der Waals surface area contributed by atoms with E-state index in [1.165, 1.54) is 7.11 Å². The molecule has 19 heavy (non-hydrogen) atoms. The Kier molecular flexibility index (Phi) is 5.35. The lowest BCUT2D eigenvalue weighted by Gasteiger charge is -2.21. The molecule has 1 rings (SSSR count). The third-order valence-electron chi connectivity index (χ3n) is 2.87. The Morgan fingerprint density at radius 2 is 1.79 bits per heavy atom. The smallest absolute Gasteiger partial charge is 0.325 e. The molecule has 106 valence electrons. The first kappa shape index (κ1) is 15.5. The molecule has 0 aliphatic rings. The van der Waals surface area contributed by atoms with Gasteiger partial charge in [0.2, 0.25) is 0 Å². The zero-order valence-corrected chi connectivity index (χ0v) is 12.2. The quantitative estimate of drug-likeness (QED) is 0.741. The molecule has 0 unspecified atom stereocenters. The zero-order chi connectivity index (χ0) is 14.5. The van der Waals surface area contributed by atoms with E-state index in [9.17, 15) is 13.2 Å². The van der Waals surface area contributed by atoms with Gasteiger partial charge in [0.05, 0.1) is 17.8 Å². The van der Waals surface area contributed by atoms with E-state index in [-0.39, 0.29) is 18.3 Å². The topological polar surface area (TPSA) is 63.7 Å². The lowest BCUT2D eigenvalue weighted by molar-refractivity contribution is -0.138. The number of hydrogen-bond donors (Lipinski definition) is 0.